The molecule has 2 aromatic carbocycles. The number of benzene rings is 2. The summed E-state index contributed by atoms with van der Waals surface area (Å²) in [5, 5.41) is 0.347. The van der Waals surface area contributed by atoms with Gasteiger partial charge in [-0.3, -0.25) is 9.59 Å². The smallest absolute Gasteiger partial charge is 0.331 e. The minimum atomic E-state index is -0.969. The van der Waals surface area contributed by atoms with E-state index in [2.05, 4.69) is 0 Å². The zero-order chi connectivity index (χ0) is 24.1. The number of carbonyl (C=O) groups excluding carboxylic acids is 3. The minimum absolute atomic E-state index is 0.0339. The maximum Gasteiger partial charge on any atom is 0.331 e. The molecule has 0 saturated heterocycles. The van der Waals surface area contributed by atoms with Crippen LogP contribution in [0.5, 0.6) is 11.5 Å². The molecule has 1 unspecified atom stereocenters. The molecule has 0 bridgehead atoms. The lowest BCUT2D eigenvalue weighted by Gasteiger charge is -2.15. The second kappa shape index (κ2) is 10.5. The van der Waals surface area contributed by atoms with Crippen molar-refractivity contribution in [2.75, 3.05) is 25.2 Å². The standard InChI is InChI=1S/C25H26ClNO6/c1-5-32-22-13-17(12-20(26)25(22)31-4)6-9-23(29)33-15(2)24(30)19-7-8-21-18(14-19)10-11-27(21)16(3)28/h6-9,12-15H,5,10-11H2,1-4H3/b9-6+. The number of hydrogen-bond acceptors (Lipinski definition) is 6. The molecule has 0 saturated carbocycles. The third-order valence-electron chi connectivity index (χ3n) is 5.25. The molecule has 7 nitrogen and oxygen atoms in total. The summed E-state index contributed by atoms with van der Waals surface area (Å²) in [6, 6.07) is 8.50. The van der Waals surface area contributed by atoms with Crippen molar-refractivity contribution in [3.8, 4) is 11.5 Å². The summed E-state index contributed by atoms with van der Waals surface area (Å²) >= 11 is 6.22. The van der Waals surface area contributed by atoms with Gasteiger partial charge in [-0.15, -0.1) is 0 Å². The van der Waals surface area contributed by atoms with Gasteiger partial charge in [-0.05, 0) is 67.8 Å². The maximum absolute atomic E-state index is 12.8. The summed E-state index contributed by atoms with van der Waals surface area (Å²) in [4.78, 5) is 38.4. The van der Waals surface area contributed by atoms with Gasteiger partial charge in [0.1, 0.15) is 0 Å². The van der Waals surface area contributed by atoms with Gasteiger partial charge in [-0.25, -0.2) is 4.79 Å². The van der Waals surface area contributed by atoms with Gasteiger partial charge in [-0.2, -0.15) is 0 Å². The van der Waals surface area contributed by atoms with Gasteiger partial charge in [-0.1, -0.05) is 11.6 Å². The predicted molar refractivity (Wildman–Crippen MR) is 126 cm³/mol. The first kappa shape index (κ1) is 24.3. The van der Waals surface area contributed by atoms with Crippen molar-refractivity contribution in [3.05, 3.63) is 58.1 Å². The maximum atomic E-state index is 12.8. The third kappa shape index (κ3) is 5.54. The topological polar surface area (TPSA) is 82.1 Å². The monoisotopic (exact) mass is 471 g/mol. The number of anilines is 1. The van der Waals surface area contributed by atoms with Gasteiger partial charge >= 0.3 is 5.97 Å². The second-order valence-electron chi connectivity index (χ2n) is 7.51. The number of ketones is 1. The fraction of sp³-hybridized carbons (Fsp3) is 0.320. The Balaban J connectivity index is 1.67. The number of carbonyl (C=O) groups is 3. The van der Waals surface area contributed by atoms with E-state index in [1.54, 1.807) is 35.2 Å². The lowest BCUT2D eigenvalue weighted by molar-refractivity contribution is -0.140. The number of hydrogen-bond donors (Lipinski definition) is 0. The summed E-state index contributed by atoms with van der Waals surface area (Å²) in [5.41, 5.74) is 2.80. The van der Waals surface area contributed by atoms with E-state index in [0.29, 0.717) is 47.2 Å². The van der Waals surface area contributed by atoms with Crippen LogP contribution in [0.15, 0.2) is 36.4 Å². The highest BCUT2D eigenvalue weighted by Crippen LogP contribution is 2.36. The minimum Gasteiger partial charge on any atom is -0.491 e. The van der Waals surface area contributed by atoms with Crippen LogP contribution in [0.25, 0.3) is 6.08 Å². The molecule has 1 atom stereocenters. The van der Waals surface area contributed by atoms with Crippen LogP contribution in [0.1, 0.15) is 42.3 Å². The lowest BCUT2D eigenvalue weighted by Crippen LogP contribution is -2.26. The van der Waals surface area contributed by atoms with Gasteiger partial charge in [0.25, 0.3) is 0 Å². The first-order valence-electron chi connectivity index (χ1n) is 10.6. The number of halogens is 1. The van der Waals surface area contributed by atoms with Crippen LogP contribution in [-0.2, 0) is 20.7 Å². The van der Waals surface area contributed by atoms with E-state index < -0.39 is 12.1 Å². The largest absolute Gasteiger partial charge is 0.491 e. The highest BCUT2D eigenvalue weighted by Gasteiger charge is 2.25. The molecule has 0 aromatic heterocycles. The number of nitrogens with zero attached hydrogens (tertiary/aromatic N) is 1. The third-order valence-corrected chi connectivity index (χ3v) is 5.53. The van der Waals surface area contributed by atoms with Crippen molar-refractivity contribution in [3.63, 3.8) is 0 Å². The van der Waals surface area contributed by atoms with Gasteiger partial charge in [0.05, 0.1) is 18.7 Å². The van der Waals surface area contributed by atoms with Crippen LogP contribution in [0.4, 0.5) is 5.69 Å². The summed E-state index contributed by atoms with van der Waals surface area (Å²) in [6.45, 7) is 5.91. The molecule has 33 heavy (non-hydrogen) atoms. The Bertz CT molecular complexity index is 1110. The van der Waals surface area contributed by atoms with Crippen LogP contribution in [0.3, 0.4) is 0 Å². The van der Waals surface area contributed by atoms with Gasteiger partial charge in [0.15, 0.2) is 17.6 Å². The lowest BCUT2D eigenvalue weighted by atomic mass is 10.0. The molecule has 0 spiro atoms. The van der Waals surface area contributed by atoms with E-state index in [0.717, 1.165) is 11.3 Å². The fourth-order valence-corrected chi connectivity index (χ4v) is 3.99. The van der Waals surface area contributed by atoms with E-state index >= 15 is 0 Å². The van der Waals surface area contributed by atoms with Crippen LogP contribution < -0.4 is 14.4 Å². The van der Waals surface area contributed by atoms with E-state index in [1.807, 2.05) is 6.92 Å². The molecule has 1 aliphatic rings. The number of rotatable bonds is 8. The normalized spacial score (nSPS) is 13.5. The van der Waals surface area contributed by atoms with Crippen LogP contribution in [-0.4, -0.2) is 44.0 Å². The Labute approximate surface area is 197 Å². The fourth-order valence-electron chi connectivity index (χ4n) is 3.69. The highest BCUT2D eigenvalue weighted by molar-refractivity contribution is 6.32. The summed E-state index contributed by atoms with van der Waals surface area (Å²) < 4.78 is 16.1. The molecule has 0 fully saturated rings. The van der Waals surface area contributed by atoms with Crippen molar-refractivity contribution >= 4 is 41.0 Å². The Kier molecular flexibility index (Phi) is 7.76. The van der Waals surface area contributed by atoms with E-state index in [4.69, 9.17) is 25.8 Å². The van der Waals surface area contributed by atoms with E-state index in [1.165, 1.54) is 33.1 Å². The molecule has 174 valence electrons. The Morgan fingerprint density at radius 2 is 1.97 bits per heavy atom. The second-order valence-corrected chi connectivity index (χ2v) is 7.92. The summed E-state index contributed by atoms with van der Waals surface area (Å²) in [6.07, 6.45) is 2.47. The highest BCUT2D eigenvalue weighted by atomic mass is 35.5. The molecule has 2 aromatic rings. The molecular formula is C25H26ClNO6. The van der Waals surface area contributed by atoms with Crippen LogP contribution >= 0.6 is 11.6 Å². The van der Waals surface area contributed by atoms with Gasteiger partial charge < -0.3 is 19.1 Å². The molecule has 0 aliphatic carbocycles. The molecule has 1 aliphatic heterocycles. The number of methoxy groups -OCH3 is 1. The molecule has 0 N–H and O–H groups in total. The van der Waals surface area contributed by atoms with Crippen molar-refractivity contribution in [2.45, 2.75) is 33.3 Å². The average Bonchev–Trinajstić information content (AvgIpc) is 3.21. The van der Waals surface area contributed by atoms with Crippen molar-refractivity contribution < 1.29 is 28.6 Å². The first-order valence-corrected chi connectivity index (χ1v) is 11.0. The molecule has 3 rings (SSSR count). The number of ether oxygens (including phenoxy) is 3. The number of Topliss-reactive ketones (excluding diaryl/α,β-unsaturated/α-hetero) is 1. The van der Waals surface area contributed by atoms with E-state index in [9.17, 15) is 14.4 Å². The van der Waals surface area contributed by atoms with Crippen LogP contribution in [0.2, 0.25) is 5.02 Å². The zero-order valence-electron chi connectivity index (χ0n) is 19.0. The quantitative estimate of drug-likeness (QED) is 0.320. The molecule has 1 amide bonds. The summed E-state index contributed by atoms with van der Waals surface area (Å²) in [7, 11) is 1.50. The molecule has 0 radical (unpaired) electrons. The Hall–Kier alpha value is -3.32. The molecular weight excluding hydrogens is 446 g/mol. The molecule has 8 heteroatoms. The van der Waals surface area contributed by atoms with E-state index in [-0.39, 0.29) is 11.7 Å². The van der Waals surface area contributed by atoms with Gasteiger partial charge in [0.2, 0.25) is 11.7 Å². The Morgan fingerprint density at radius 1 is 1.21 bits per heavy atom. The predicted octanol–water partition coefficient (Wildman–Crippen LogP) is 4.48. The average molecular weight is 472 g/mol. The molecule has 1 heterocycles. The van der Waals surface area contributed by atoms with Crippen LogP contribution in [0, 0.1) is 0 Å². The Morgan fingerprint density at radius 3 is 2.64 bits per heavy atom. The van der Waals surface area contributed by atoms with Crippen molar-refractivity contribution in [2.24, 2.45) is 0 Å². The summed E-state index contributed by atoms with van der Waals surface area (Å²) in [5.74, 6) is -0.132. The number of esters is 1. The first-order chi connectivity index (χ1) is 15.7. The number of amides is 1. The van der Waals surface area contributed by atoms with Gasteiger partial charge in [0, 0.05) is 30.8 Å². The van der Waals surface area contributed by atoms with Crippen molar-refractivity contribution in [1.82, 2.24) is 0 Å². The number of fused-ring (bicyclic) bond motifs is 1. The SMILES string of the molecule is CCOc1cc(/C=C/C(=O)OC(C)C(=O)c2ccc3c(c2)CCN3C(C)=O)cc(Cl)c1OC. The zero-order valence-corrected chi connectivity index (χ0v) is 19.8. The van der Waals surface area contributed by atoms with Crippen molar-refractivity contribution in [1.29, 1.82) is 0 Å².